The third-order valence-electron chi connectivity index (χ3n) is 4.04. The molecule has 0 radical (unpaired) electrons. The molecule has 1 aliphatic rings. The van der Waals surface area contributed by atoms with Crippen LogP contribution in [0.25, 0.3) is 11.0 Å². The minimum atomic E-state index is -0.0744. The van der Waals surface area contributed by atoms with Crippen LogP contribution in [0.3, 0.4) is 0 Å². The minimum absolute atomic E-state index is 0.0393. The second-order valence-corrected chi connectivity index (χ2v) is 5.89. The van der Waals surface area contributed by atoms with Gasteiger partial charge in [0, 0.05) is 24.0 Å². The van der Waals surface area contributed by atoms with Crippen molar-refractivity contribution in [1.29, 1.82) is 0 Å². The third-order valence-corrected chi connectivity index (χ3v) is 4.04. The smallest absolute Gasteiger partial charge is 0.290 e. The standard InChI is InChI=1S/C17H21NO4/c1-10-8-18(9-11(2)21-10)17(19)16-12(3)14-7-13(20-4)5-6-15(14)22-16/h5-7,10-11H,8-9H2,1-4H3. The van der Waals surface area contributed by atoms with E-state index >= 15 is 0 Å². The van der Waals surface area contributed by atoms with E-state index in [2.05, 4.69) is 0 Å². The second kappa shape index (κ2) is 5.65. The first-order valence-electron chi connectivity index (χ1n) is 7.51. The topological polar surface area (TPSA) is 51.9 Å². The molecule has 22 heavy (non-hydrogen) atoms. The number of methoxy groups -OCH3 is 1. The summed E-state index contributed by atoms with van der Waals surface area (Å²) in [6.45, 7) is 7.04. The molecule has 3 rings (SSSR count). The van der Waals surface area contributed by atoms with Gasteiger partial charge in [0.2, 0.25) is 0 Å². The van der Waals surface area contributed by atoms with Crippen molar-refractivity contribution >= 4 is 16.9 Å². The van der Waals surface area contributed by atoms with Crippen molar-refractivity contribution in [3.63, 3.8) is 0 Å². The van der Waals surface area contributed by atoms with E-state index in [9.17, 15) is 4.79 Å². The van der Waals surface area contributed by atoms with Crippen molar-refractivity contribution in [3.05, 3.63) is 29.5 Å². The fraction of sp³-hybridized carbons (Fsp3) is 0.471. The number of rotatable bonds is 2. The number of ether oxygens (including phenoxy) is 2. The fourth-order valence-corrected chi connectivity index (χ4v) is 3.02. The Morgan fingerprint density at radius 2 is 1.95 bits per heavy atom. The van der Waals surface area contributed by atoms with E-state index in [0.717, 1.165) is 16.7 Å². The van der Waals surface area contributed by atoms with E-state index in [1.807, 2.05) is 39.0 Å². The zero-order valence-electron chi connectivity index (χ0n) is 13.4. The molecule has 1 aliphatic heterocycles. The van der Waals surface area contributed by atoms with Crippen molar-refractivity contribution in [2.24, 2.45) is 0 Å². The van der Waals surface area contributed by atoms with Crippen LogP contribution in [-0.4, -0.2) is 43.2 Å². The highest BCUT2D eigenvalue weighted by Crippen LogP contribution is 2.30. The van der Waals surface area contributed by atoms with Gasteiger partial charge < -0.3 is 18.8 Å². The number of hydrogen-bond acceptors (Lipinski definition) is 4. The van der Waals surface area contributed by atoms with E-state index < -0.39 is 0 Å². The molecule has 1 amide bonds. The van der Waals surface area contributed by atoms with E-state index in [0.29, 0.717) is 24.4 Å². The number of nitrogens with zero attached hydrogens (tertiary/aromatic N) is 1. The molecule has 2 unspecified atom stereocenters. The lowest BCUT2D eigenvalue weighted by Crippen LogP contribution is -2.48. The van der Waals surface area contributed by atoms with Gasteiger partial charge in [0.15, 0.2) is 5.76 Å². The molecular formula is C17H21NO4. The van der Waals surface area contributed by atoms with E-state index in [4.69, 9.17) is 13.9 Å². The maximum atomic E-state index is 12.8. The number of fused-ring (bicyclic) bond motifs is 1. The molecule has 118 valence electrons. The van der Waals surface area contributed by atoms with Gasteiger partial charge in [-0.15, -0.1) is 0 Å². The van der Waals surface area contributed by atoms with Gasteiger partial charge >= 0.3 is 0 Å². The highest BCUT2D eigenvalue weighted by atomic mass is 16.5. The van der Waals surface area contributed by atoms with Gasteiger partial charge in [-0.3, -0.25) is 4.79 Å². The van der Waals surface area contributed by atoms with Crippen LogP contribution >= 0.6 is 0 Å². The number of hydrogen-bond donors (Lipinski definition) is 0. The van der Waals surface area contributed by atoms with Crippen molar-refractivity contribution in [2.45, 2.75) is 33.0 Å². The first kappa shape index (κ1) is 14.9. The van der Waals surface area contributed by atoms with Crippen molar-refractivity contribution in [2.75, 3.05) is 20.2 Å². The van der Waals surface area contributed by atoms with Crippen LogP contribution in [0, 0.1) is 6.92 Å². The first-order chi connectivity index (χ1) is 10.5. The van der Waals surface area contributed by atoms with E-state index in [1.54, 1.807) is 12.0 Å². The largest absolute Gasteiger partial charge is 0.497 e. The Morgan fingerprint density at radius 1 is 1.27 bits per heavy atom. The maximum Gasteiger partial charge on any atom is 0.290 e. The van der Waals surface area contributed by atoms with Gasteiger partial charge in [-0.2, -0.15) is 0 Å². The Labute approximate surface area is 129 Å². The predicted molar refractivity (Wildman–Crippen MR) is 83.4 cm³/mol. The van der Waals surface area contributed by atoms with Crippen LogP contribution in [0.5, 0.6) is 5.75 Å². The van der Waals surface area contributed by atoms with Crippen molar-refractivity contribution < 1.29 is 18.7 Å². The third kappa shape index (κ3) is 2.57. The number of benzene rings is 1. The Morgan fingerprint density at radius 3 is 2.59 bits per heavy atom. The molecule has 1 fully saturated rings. The van der Waals surface area contributed by atoms with Crippen molar-refractivity contribution in [1.82, 2.24) is 4.90 Å². The molecule has 0 aliphatic carbocycles. The monoisotopic (exact) mass is 303 g/mol. The summed E-state index contributed by atoms with van der Waals surface area (Å²) in [7, 11) is 1.62. The molecule has 0 bridgehead atoms. The zero-order valence-corrected chi connectivity index (χ0v) is 13.4. The lowest BCUT2D eigenvalue weighted by molar-refractivity contribution is -0.0592. The summed E-state index contributed by atoms with van der Waals surface area (Å²) in [5.41, 5.74) is 1.56. The van der Waals surface area contributed by atoms with Crippen LogP contribution in [0.4, 0.5) is 0 Å². The number of carbonyl (C=O) groups is 1. The summed E-state index contributed by atoms with van der Waals surface area (Å²) >= 11 is 0. The molecule has 5 nitrogen and oxygen atoms in total. The lowest BCUT2D eigenvalue weighted by Gasteiger charge is -2.34. The lowest BCUT2D eigenvalue weighted by atomic mass is 10.1. The molecule has 0 spiro atoms. The van der Waals surface area contributed by atoms with Gasteiger partial charge in [-0.05, 0) is 39.0 Å². The molecule has 2 atom stereocenters. The second-order valence-electron chi connectivity index (χ2n) is 5.89. The molecule has 0 saturated carbocycles. The quantitative estimate of drug-likeness (QED) is 0.856. The van der Waals surface area contributed by atoms with E-state index in [-0.39, 0.29) is 18.1 Å². The Bertz CT molecular complexity index is 696. The number of amides is 1. The average molecular weight is 303 g/mol. The molecule has 1 aromatic heterocycles. The van der Waals surface area contributed by atoms with Gasteiger partial charge in [0.05, 0.1) is 19.3 Å². The van der Waals surface area contributed by atoms with Crippen LogP contribution in [-0.2, 0) is 4.74 Å². The van der Waals surface area contributed by atoms with Gasteiger partial charge in [0.1, 0.15) is 11.3 Å². The summed E-state index contributed by atoms with van der Waals surface area (Å²) in [5.74, 6) is 1.09. The summed E-state index contributed by atoms with van der Waals surface area (Å²) in [6.07, 6.45) is 0.0787. The summed E-state index contributed by atoms with van der Waals surface area (Å²) in [4.78, 5) is 14.6. The minimum Gasteiger partial charge on any atom is -0.497 e. The average Bonchev–Trinajstić information content (AvgIpc) is 2.82. The zero-order chi connectivity index (χ0) is 15.9. The highest BCUT2D eigenvalue weighted by Gasteiger charge is 2.29. The maximum absolute atomic E-state index is 12.8. The summed E-state index contributed by atoms with van der Waals surface area (Å²) in [6, 6.07) is 5.57. The van der Waals surface area contributed by atoms with Crippen LogP contribution in [0.1, 0.15) is 30.0 Å². The molecule has 2 aromatic rings. The summed E-state index contributed by atoms with van der Waals surface area (Å²) in [5, 5.41) is 0.914. The summed E-state index contributed by atoms with van der Waals surface area (Å²) < 4.78 is 16.7. The molecule has 1 aromatic carbocycles. The van der Waals surface area contributed by atoms with Crippen molar-refractivity contribution in [3.8, 4) is 5.75 Å². The predicted octanol–water partition coefficient (Wildman–Crippen LogP) is 3.00. The number of carbonyl (C=O) groups excluding carboxylic acids is 1. The SMILES string of the molecule is COc1ccc2oc(C(=O)N3CC(C)OC(C)C3)c(C)c2c1. The van der Waals surface area contributed by atoms with Crippen LogP contribution in [0.2, 0.25) is 0 Å². The van der Waals surface area contributed by atoms with Gasteiger partial charge in [0.25, 0.3) is 5.91 Å². The van der Waals surface area contributed by atoms with Gasteiger partial charge in [-0.25, -0.2) is 0 Å². The number of furan rings is 1. The molecule has 0 N–H and O–H groups in total. The normalized spacial score (nSPS) is 22.1. The van der Waals surface area contributed by atoms with E-state index in [1.165, 1.54) is 0 Å². The van der Waals surface area contributed by atoms with Gasteiger partial charge in [-0.1, -0.05) is 0 Å². The molecule has 1 saturated heterocycles. The van der Waals surface area contributed by atoms with Crippen LogP contribution in [0.15, 0.2) is 22.6 Å². The number of aryl methyl sites for hydroxylation is 1. The highest BCUT2D eigenvalue weighted by molar-refractivity contribution is 5.99. The Hall–Kier alpha value is -2.01. The Balaban J connectivity index is 1.95. The fourth-order valence-electron chi connectivity index (χ4n) is 3.02. The molecule has 5 heteroatoms. The number of morpholine rings is 1. The molecular weight excluding hydrogens is 282 g/mol. The first-order valence-corrected chi connectivity index (χ1v) is 7.51. The Kier molecular flexibility index (Phi) is 3.83. The molecule has 2 heterocycles. The van der Waals surface area contributed by atoms with Crippen LogP contribution < -0.4 is 4.74 Å².